The van der Waals surface area contributed by atoms with Crippen molar-refractivity contribution in [2.24, 2.45) is 11.8 Å². The monoisotopic (exact) mass is 230 g/mol. The lowest BCUT2D eigenvalue weighted by atomic mass is 9.79. The van der Waals surface area contributed by atoms with E-state index in [1.54, 1.807) is 6.08 Å². The Morgan fingerprint density at radius 2 is 1.88 bits per heavy atom. The van der Waals surface area contributed by atoms with Gasteiger partial charge in [0.15, 0.2) is 0 Å². The van der Waals surface area contributed by atoms with Gasteiger partial charge < -0.3 is 4.74 Å². The maximum atomic E-state index is 13.4. The SMILES string of the molecule is CC1=CCC(C2CCC(C)CC2)OC1(F)F. The van der Waals surface area contributed by atoms with Gasteiger partial charge in [0.1, 0.15) is 0 Å². The molecular formula is C13H20F2O. The van der Waals surface area contributed by atoms with E-state index in [2.05, 4.69) is 6.92 Å². The molecule has 1 fully saturated rings. The third-order valence-electron chi connectivity index (χ3n) is 4.00. The van der Waals surface area contributed by atoms with Crippen molar-refractivity contribution in [3.05, 3.63) is 11.6 Å². The molecule has 0 amide bonds. The molecule has 1 atom stereocenters. The van der Waals surface area contributed by atoms with Crippen LogP contribution in [0, 0.1) is 11.8 Å². The molecule has 0 aromatic carbocycles. The van der Waals surface area contributed by atoms with Gasteiger partial charge in [0, 0.05) is 5.57 Å². The molecule has 0 radical (unpaired) electrons. The summed E-state index contributed by atoms with van der Waals surface area (Å²) in [5.41, 5.74) is 0.0629. The second kappa shape index (κ2) is 4.44. The molecule has 92 valence electrons. The molecule has 1 unspecified atom stereocenters. The van der Waals surface area contributed by atoms with Crippen molar-refractivity contribution in [3.63, 3.8) is 0 Å². The summed E-state index contributed by atoms with van der Waals surface area (Å²) in [6.07, 6.45) is 3.37. The molecule has 0 saturated heterocycles. The van der Waals surface area contributed by atoms with Crippen molar-refractivity contribution < 1.29 is 13.5 Å². The zero-order valence-electron chi connectivity index (χ0n) is 10.0. The zero-order valence-corrected chi connectivity index (χ0v) is 10.0. The lowest BCUT2D eigenvalue weighted by molar-refractivity contribution is -0.253. The minimum Gasteiger partial charge on any atom is -0.313 e. The van der Waals surface area contributed by atoms with Gasteiger partial charge in [0.2, 0.25) is 0 Å². The summed E-state index contributed by atoms with van der Waals surface area (Å²) >= 11 is 0. The maximum Gasteiger partial charge on any atom is 0.379 e. The van der Waals surface area contributed by atoms with Gasteiger partial charge >= 0.3 is 6.11 Å². The summed E-state index contributed by atoms with van der Waals surface area (Å²) in [7, 11) is 0. The Hall–Kier alpha value is -0.440. The molecule has 1 aliphatic heterocycles. The van der Waals surface area contributed by atoms with E-state index < -0.39 is 6.11 Å². The number of hydrogen-bond donors (Lipinski definition) is 0. The van der Waals surface area contributed by atoms with E-state index in [9.17, 15) is 8.78 Å². The highest BCUT2D eigenvalue weighted by Crippen LogP contribution is 2.39. The van der Waals surface area contributed by atoms with Crippen LogP contribution < -0.4 is 0 Å². The normalized spacial score (nSPS) is 39.2. The van der Waals surface area contributed by atoms with Gasteiger partial charge in [0.05, 0.1) is 6.10 Å². The third kappa shape index (κ3) is 2.45. The van der Waals surface area contributed by atoms with Crippen LogP contribution in [0.25, 0.3) is 0 Å². The van der Waals surface area contributed by atoms with Crippen molar-refractivity contribution in [3.8, 4) is 0 Å². The number of ether oxygens (including phenoxy) is 1. The number of rotatable bonds is 1. The van der Waals surface area contributed by atoms with Gasteiger partial charge in [-0.2, -0.15) is 8.78 Å². The van der Waals surface area contributed by atoms with E-state index in [1.165, 1.54) is 6.92 Å². The number of hydrogen-bond acceptors (Lipinski definition) is 1. The van der Waals surface area contributed by atoms with Crippen LogP contribution in [0.2, 0.25) is 0 Å². The van der Waals surface area contributed by atoms with Crippen molar-refractivity contribution in [1.29, 1.82) is 0 Å². The van der Waals surface area contributed by atoms with Crippen LogP contribution in [0.5, 0.6) is 0 Å². The molecule has 0 bridgehead atoms. The molecule has 16 heavy (non-hydrogen) atoms. The first-order chi connectivity index (χ1) is 7.49. The standard InChI is InChI=1S/C13H20F2O/c1-9-3-6-11(7-4-9)12-8-5-10(2)13(14,15)16-12/h5,9,11-12H,3-4,6-8H2,1-2H3. The molecule has 0 spiro atoms. The number of halogens is 2. The Labute approximate surface area is 95.9 Å². The van der Waals surface area contributed by atoms with Crippen LogP contribution in [-0.2, 0) is 4.74 Å². The fraction of sp³-hybridized carbons (Fsp3) is 0.846. The summed E-state index contributed by atoms with van der Waals surface area (Å²) < 4.78 is 31.7. The fourth-order valence-corrected chi connectivity index (χ4v) is 2.69. The third-order valence-corrected chi connectivity index (χ3v) is 4.00. The first-order valence-electron chi connectivity index (χ1n) is 6.22. The van der Waals surface area contributed by atoms with E-state index in [1.807, 2.05) is 0 Å². The fourth-order valence-electron chi connectivity index (χ4n) is 2.69. The van der Waals surface area contributed by atoms with E-state index in [-0.39, 0.29) is 11.7 Å². The highest BCUT2D eigenvalue weighted by atomic mass is 19.3. The highest BCUT2D eigenvalue weighted by Gasteiger charge is 2.41. The minimum atomic E-state index is -3.04. The molecule has 0 aromatic heterocycles. The van der Waals surface area contributed by atoms with Crippen LogP contribution in [-0.4, -0.2) is 12.2 Å². The topological polar surface area (TPSA) is 9.23 Å². The maximum absolute atomic E-state index is 13.4. The van der Waals surface area contributed by atoms with Gasteiger partial charge in [-0.3, -0.25) is 0 Å². The first-order valence-corrected chi connectivity index (χ1v) is 6.22. The average molecular weight is 230 g/mol. The lowest BCUT2D eigenvalue weighted by Gasteiger charge is -2.36. The van der Waals surface area contributed by atoms with E-state index in [4.69, 9.17) is 4.74 Å². The molecule has 0 aromatic rings. The summed E-state index contributed by atoms with van der Waals surface area (Å²) in [5, 5.41) is 0. The van der Waals surface area contributed by atoms with Crippen molar-refractivity contribution in [1.82, 2.24) is 0 Å². The van der Waals surface area contributed by atoms with Crippen molar-refractivity contribution in [2.45, 2.75) is 58.2 Å². The number of alkyl halides is 2. The van der Waals surface area contributed by atoms with Crippen molar-refractivity contribution >= 4 is 0 Å². The Bertz CT molecular complexity index is 278. The molecule has 2 aliphatic rings. The summed E-state index contributed by atoms with van der Waals surface area (Å²) in [4.78, 5) is 0. The lowest BCUT2D eigenvalue weighted by Crippen LogP contribution is -2.38. The predicted molar refractivity (Wildman–Crippen MR) is 59.3 cm³/mol. The van der Waals surface area contributed by atoms with Gasteiger partial charge in [-0.05, 0) is 38.0 Å². The summed E-state index contributed by atoms with van der Waals surface area (Å²) in [5.74, 6) is 1.07. The van der Waals surface area contributed by atoms with Crippen molar-refractivity contribution in [2.75, 3.05) is 0 Å². The van der Waals surface area contributed by atoms with Crippen LogP contribution in [0.4, 0.5) is 8.78 Å². The van der Waals surface area contributed by atoms with Gasteiger partial charge in [-0.15, -0.1) is 0 Å². The molecule has 1 heterocycles. The molecule has 0 N–H and O–H groups in total. The molecule has 1 aliphatic carbocycles. The van der Waals surface area contributed by atoms with E-state index >= 15 is 0 Å². The Morgan fingerprint density at radius 3 is 2.44 bits per heavy atom. The predicted octanol–water partition coefficient (Wildman–Crippen LogP) is 4.14. The summed E-state index contributed by atoms with van der Waals surface area (Å²) in [6.45, 7) is 3.68. The van der Waals surface area contributed by atoms with Crippen LogP contribution in [0.1, 0.15) is 46.0 Å². The largest absolute Gasteiger partial charge is 0.379 e. The minimum absolute atomic E-state index is 0.0629. The highest BCUT2D eigenvalue weighted by molar-refractivity contribution is 5.10. The Balaban J connectivity index is 1.97. The molecular weight excluding hydrogens is 210 g/mol. The second-order valence-corrected chi connectivity index (χ2v) is 5.32. The first kappa shape index (κ1) is 12.0. The Kier molecular flexibility index (Phi) is 3.34. The van der Waals surface area contributed by atoms with E-state index in [0.29, 0.717) is 12.3 Å². The quantitative estimate of drug-likeness (QED) is 0.615. The molecule has 1 nitrogen and oxygen atoms in total. The van der Waals surface area contributed by atoms with Gasteiger partial charge in [0.25, 0.3) is 0 Å². The second-order valence-electron chi connectivity index (χ2n) is 5.32. The average Bonchev–Trinajstić information content (AvgIpc) is 2.23. The van der Waals surface area contributed by atoms with Gasteiger partial charge in [-0.25, -0.2) is 0 Å². The molecule has 1 saturated carbocycles. The molecule has 2 rings (SSSR count). The molecule has 3 heteroatoms. The Morgan fingerprint density at radius 1 is 1.25 bits per heavy atom. The van der Waals surface area contributed by atoms with E-state index in [0.717, 1.165) is 31.6 Å². The smallest absolute Gasteiger partial charge is 0.313 e. The van der Waals surface area contributed by atoms with Gasteiger partial charge in [-0.1, -0.05) is 25.8 Å². The van der Waals surface area contributed by atoms with Crippen LogP contribution >= 0.6 is 0 Å². The zero-order chi connectivity index (χ0) is 11.8. The van der Waals surface area contributed by atoms with Crippen LogP contribution in [0.15, 0.2) is 11.6 Å². The summed E-state index contributed by atoms with van der Waals surface area (Å²) in [6, 6.07) is 0. The van der Waals surface area contributed by atoms with Crippen LogP contribution in [0.3, 0.4) is 0 Å².